The molecule has 0 saturated carbocycles. The molecule has 0 unspecified atom stereocenters. The number of hydrogen-bond donors (Lipinski definition) is 1. The molecule has 0 aliphatic carbocycles. The van der Waals surface area contributed by atoms with Gasteiger partial charge in [-0.2, -0.15) is 0 Å². The number of aromatic nitrogens is 1. The summed E-state index contributed by atoms with van der Waals surface area (Å²) in [6.45, 7) is 6.68. The van der Waals surface area contributed by atoms with Crippen molar-refractivity contribution in [3.63, 3.8) is 0 Å². The van der Waals surface area contributed by atoms with Gasteiger partial charge < -0.3 is 24.6 Å². The number of ether oxygens (including phenoxy) is 2. The number of anilines is 4. The number of benzene rings is 2. The smallest absolute Gasteiger partial charge is 0.0737 e. The van der Waals surface area contributed by atoms with Crippen molar-refractivity contribution in [1.82, 2.24) is 4.98 Å². The number of hydrogen-bond acceptors (Lipinski definition) is 6. The van der Waals surface area contributed by atoms with Gasteiger partial charge in [-0.05, 0) is 42.5 Å². The fourth-order valence-electron chi connectivity index (χ4n) is 4.06. The van der Waals surface area contributed by atoms with Crippen LogP contribution in [0.5, 0.6) is 0 Å². The van der Waals surface area contributed by atoms with Crippen LogP contribution in [0.1, 0.15) is 0 Å². The minimum absolute atomic E-state index is 0.691. The van der Waals surface area contributed by atoms with E-state index in [4.69, 9.17) is 21.1 Å². The SMILES string of the molecule is Clc1ccc2c(Nc3cc(N4CCOCC4)cc(N4CCOCC4)c3)ccnc2c1. The van der Waals surface area contributed by atoms with Crippen LogP contribution in [0, 0.1) is 0 Å². The highest BCUT2D eigenvalue weighted by atomic mass is 35.5. The number of nitrogens with zero attached hydrogens (tertiary/aromatic N) is 3. The van der Waals surface area contributed by atoms with E-state index in [1.165, 1.54) is 11.4 Å². The van der Waals surface area contributed by atoms with Crippen LogP contribution in [0.4, 0.5) is 22.7 Å². The highest BCUT2D eigenvalue weighted by Crippen LogP contribution is 2.33. The van der Waals surface area contributed by atoms with E-state index in [0.29, 0.717) is 5.02 Å². The monoisotopic (exact) mass is 424 g/mol. The summed E-state index contributed by atoms with van der Waals surface area (Å²) < 4.78 is 11.1. The Bertz CT molecular complexity index is 997. The minimum Gasteiger partial charge on any atom is -0.378 e. The molecular weight excluding hydrogens is 400 g/mol. The quantitative estimate of drug-likeness (QED) is 0.673. The van der Waals surface area contributed by atoms with Crippen molar-refractivity contribution in [2.24, 2.45) is 0 Å². The summed E-state index contributed by atoms with van der Waals surface area (Å²) in [5, 5.41) is 5.37. The Balaban J connectivity index is 1.52. The lowest BCUT2D eigenvalue weighted by molar-refractivity contribution is 0.122. The van der Waals surface area contributed by atoms with Crippen molar-refractivity contribution in [2.45, 2.75) is 0 Å². The normalized spacial score (nSPS) is 17.4. The molecule has 3 heterocycles. The first-order valence-corrected chi connectivity index (χ1v) is 10.8. The molecule has 2 aromatic carbocycles. The Morgan fingerprint density at radius 2 is 1.43 bits per heavy atom. The van der Waals surface area contributed by atoms with Crippen LogP contribution in [0.25, 0.3) is 10.9 Å². The molecule has 0 spiro atoms. The molecule has 2 fully saturated rings. The average Bonchev–Trinajstić information content (AvgIpc) is 2.80. The molecule has 5 rings (SSSR count). The van der Waals surface area contributed by atoms with E-state index >= 15 is 0 Å². The number of morpholine rings is 2. The fourth-order valence-corrected chi connectivity index (χ4v) is 4.23. The first-order chi connectivity index (χ1) is 14.8. The van der Waals surface area contributed by atoms with Crippen LogP contribution in [0.15, 0.2) is 48.7 Å². The molecule has 2 aliphatic rings. The van der Waals surface area contributed by atoms with Gasteiger partial charge in [-0.3, -0.25) is 4.98 Å². The Labute approximate surface area is 181 Å². The molecule has 30 heavy (non-hydrogen) atoms. The van der Waals surface area contributed by atoms with Crippen molar-refractivity contribution in [1.29, 1.82) is 0 Å². The van der Waals surface area contributed by atoms with E-state index in [-0.39, 0.29) is 0 Å². The van der Waals surface area contributed by atoms with E-state index in [1.807, 2.05) is 30.5 Å². The number of pyridine rings is 1. The second-order valence-electron chi connectivity index (χ2n) is 7.58. The van der Waals surface area contributed by atoms with Crippen molar-refractivity contribution < 1.29 is 9.47 Å². The number of halogens is 1. The standard InChI is InChI=1S/C23H25ClN4O2/c24-17-1-2-21-22(3-4-25-23(21)13-17)26-18-14-19(27-5-9-29-10-6-27)16-20(15-18)28-7-11-30-12-8-28/h1-4,13-16H,5-12H2,(H,25,26). The Morgan fingerprint density at radius 1 is 0.800 bits per heavy atom. The van der Waals surface area contributed by atoms with Crippen LogP contribution in [-0.4, -0.2) is 57.6 Å². The molecule has 2 aliphatic heterocycles. The third kappa shape index (κ3) is 4.17. The predicted molar refractivity (Wildman–Crippen MR) is 123 cm³/mol. The highest BCUT2D eigenvalue weighted by Gasteiger charge is 2.17. The van der Waals surface area contributed by atoms with Crippen LogP contribution in [0.3, 0.4) is 0 Å². The molecule has 6 nitrogen and oxygen atoms in total. The molecule has 7 heteroatoms. The zero-order valence-electron chi connectivity index (χ0n) is 16.8. The minimum atomic E-state index is 0.691. The van der Waals surface area contributed by atoms with Crippen LogP contribution in [0.2, 0.25) is 5.02 Å². The van der Waals surface area contributed by atoms with E-state index in [0.717, 1.165) is 74.9 Å². The van der Waals surface area contributed by atoms with E-state index in [1.54, 1.807) is 0 Å². The number of fused-ring (bicyclic) bond motifs is 1. The van der Waals surface area contributed by atoms with Gasteiger partial charge in [0.15, 0.2) is 0 Å². The topological polar surface area (TPSA) is 49.9 Å². The number of nitrogens with one attached hydrogen (secondary N) is 1. The lowest BCUT2D eigenvalue weighted by Gasteiger charge is -2.33. The molecule has 0 bridgehead atoms. The Hall–Kier alpha value is -2.54. The number of rotatable bonds is 4. The molecule has 0 amide bonds. The summed E-state index contributed by atoms with van der Waals surface area (Å²) in [4.78, 5) is 9.24. The van der Waals surface area contributed by atoms with Crippen LogP contribution in [-0.2, 0) is 9.47 Å². The first kappa shape index (κ1) is 19.4. The summed E-state index contributed by atoms with van der Waals surface area (Å²) in [5.41, 5.74) is 5.38. The summed E-state index contributed by atoms with van der Waals surface area (Å²) in [6, 6.07) is 14.5. The van der Waals surface area contributed by atoms with Crippen LogP contribution >= 0.6 is 11.6 Å². The Kier molecular flexibility index (Phi) is 5.62. The maximum Gasteiger partial charge on any atom is 0.0737 e. The van der Waals surface area contributed by atoms with Gasteiger partial charge in [0.05, 0.1) is 31.9 Å². The molecular formula is C23H25ClN4O2. The molecule has 1 N–H and O–H groups in total. The van der Waals surface area contributed by atoms with Gasteiger partial charge >= 0.3 is 0 Å². The van der Waals surface area contributed by atoms with Gasteiger partial charge in [-0.1, -0.05) is 11.6 Å². The first-order valence-electron chi connectivity index (χ1n) is 10.4. The molecule has 2 saturated heterocycles. The zero-order valence-corrected chi connectivity index (χ0v) is 17.6. The second-order valence-corrected chi connectivity index (χ2v) is 8.02. The Morgan fingerprint density at radius 3 is 2.07 bits per heavy atom. The van der Waals surface area contributed by atoms with Gasteiger partial charge in [-0.15, -0.1) is 0 Å². The maximum absolute atomic E-state index is 6.15. The third-order valence-corrected chi connectivity index (χ3v) is 5.87. The van der Waals surface area contributed by atoms with Gasteiger partial charge in [0.25, 0.3) is 0 Å². The highest BCUT2D eigenvalue weighted by molar-refractivity contribution is 6.31. The summed E-state index contributed by atoms with van der Waals surface area (Å²) in [5.74, 6) is 0. The second kappa shape index (κ2) is 8.68. The van der Waals surface area contributed by atoms with Crippen molar-refractivity contribution in [3.05, 3.63) is 53.7 Å². The van der Waals surface area contributed by atoms with Gasteiger partial charge in [0, 0.05) is 65.5 Å². The molecule has 0 atom stereocenters. The largest absolute Gasteiger partial charge is 0.378 e. The van der Waals surface area contributed by atoms with E-state index < -0.39 is 0 Å². The van der Waals surface area contributed by atoms with E-state index in [2.05, 4.69) is 38.3 Å². The van der Waals surface area contributed by atoms with Gasteiger partial charge in [-0.25, -0.2) is 0 Å². The van der Waals surface area contributed by atoms with Crippen molar-refractivity contribution in [2.75, 3.05) is 67.7 Å². The van der Waals surface area contributed by atoms with Crippen molar-refractivity contribution in [3.8, 4) is 0 Å². The van der Waals surface area contributed by atoms with Gasteiger partial charge in [0.1, 0.15) is 0 Å². The third-order valence-electron chi connectivity index (χ3n) is 5.64. The summed E-state index contributed by atoms with van der Waals surface area (Å²) in [6.07, 6.45) is 1.82. The van der Waals surface area contributed by atoms with Gasteiger partial charge in [0.2, 0.25) is 0 Å². The van der Waals surface area contributed by atoms with Crippen molar-refractivity contribution >= 4 is 45.3 Å². The summed E-state index contributed by atoms with van der Waals surface area (Å²) >= 11 is 6.15. The van der Waals surface area contributed by atoms with Crippen LogP contribution < -0.4 is 15.1 Å². The molecule has 3 aromatic rings. The molecule has 1 aromatic heterocycles. The lowest BCUT2D eigenvalue weighted by Crippen LogP contribution is -2.38. The predicted octanol–water partition coefficient (Wildman–Crippen LogP) is 4.31. The maximum atomic E-state index is 6.15. The zero-order chi connectivity index (χ0) is 20.3. The molecule has 156 valence electrons. The average molecular weight is 425 g/mol. The fraction of sp³-hybridized carbons (Fsp3) is 0.348. The van der Waals surface area contributed by atoms with E-state index in [9.17, 15) is 0 Å². The lowest BCUT2D eigenvalue weighted by atomic mass is 10.1. The summed E-state index contributed by atoms with van der Waals surface area (Å²) in [7, 11) is 0. The molecule has 0 radical (unpaired) electrons.